The first kappa shape index (κ1) is 19.4. The molecule has 0 heteroatoms. The van der Waals surface area contributed by atoms with E-state index in [0.717, 1.165) is 19.3 Å². The molecule has 0 atom stereocenters. The predicted octanol–water partition coefficient (Wildman–Crippen LogP) is 7.09. The van der Waals surface area contributed by atoms with E-state index in [1.54, 1.807) is 0 Å². The third-order valence-electron chi connectivity index (χ3n) is 3.22. The molecular formula is C21H32. The van der Waals surface area contributed by atoms with Gasteiger partial charge in [0.1, 0.15) is 0 Å². The van der Waals surface area contributed by atoms with E-state index in [1.807, 2.05) is 0 Å². The van der Waals surface area contributed by atoms with Crippen LogP contribution in [0.2, 0.25) is 0 Å². The number of hydrogen-bond donors (Lipinski definition) is 0. The summed E-state index contributed by atoms with van der Waals surface area (Å²) in [4.78, 5) is 0. The maximum atomic E-state index is 2.12. The minimum Gasteiger partial charge on any atom is -0.0808 e. The zero-order valence-electron chi connectivity index (χ0n) is 12.6. The summed E-state index contributed by atoms with van der Waals surface area (Å²) in [7, 11) is 0. The van der Waals surface area contributed by atoms with Crippen molar-refractivity contribution < 1.29 is 0 Å². The number of hydrogen-bond acceptors (Lipinski definition) is 0. The fourth-order valence-electron chi connectivity index (χ4n) is 2.06. The lowest BCUT2D eigenvalue weighted by molar-refractivity contribution is 0.886. The van der Waals surface area contributed by atoms with Crippen molar-refractivity contribution >= 4 is 0 Å². The van der Waals surface area contributed by atoms with Crippen LogP contribution in [-0.2, 0) is 0 Å². The summed E-state index contributed by atoms with van der Waals surface area (Å²) in [6.45, 7) is 0. The van der Waals surface area contributed by atoms with Crippen LogP contribution in [-0.4, -0.2) is 0 Å². The van der Waals surface area contributed by atoms with Gasteiger partial charge in [-0.05, 0) is 19.3 Å². The quantitative estimate of drug-likeness (QED) is 0.445. The lowest BCUT2D eigenvalue weighted by Crippen LogP contribution is -1.47. The highest BCUT2D eigenvalue weighted by atomic mass is 14.0. The number of rotatable bonds is 0. The van der Waals surface area contributed by atoms with Gasteiger partial charge in [-0.25, -0.2) is 0 Å². The summed E-state index contributed by atoms with van der Waals surface area (Å²) in [6, 6.07) is 0. The van der Waals surface area contributed by atoms with Crippen molar-refractivity contribution in [3.05, 3.63) is 72.9 Å². The van der Waals surface area contributed by atoms with Gasteiger partial charge >= 0.3 is 0 Å². The summed E-state index contributed by atoms with van der Waals surface area (Å²) < 4.78 is 0. The van der Waals surface area contributed by atoms with Crippen LogP contribution in [0.1, 0.15) is 58.8 Å². The van der Waals surface area contributed by atoms with Crippen molar-refractivity contribution in [3.8, 4) is 0 Å². The SMILES string of the molecule is C.C1=CCC=C1.C1=CCC=C1.C1=CCC=C1.C1CCCC1. The van der Waals surface area contributed by atoms with Crippen LogP contribution in [0.4, 0.5) is 0 Å². The summed E-state index contributed by atoms with van der Waals surface area (Å²) in [5, 5.41) is 0. The van der Waals surface area contributed by atoms with Crippen molar-refractivity contribution in [2.45, 2.75) is 58.8 Å². The Morgan fingerprint density at radius 2 is 0.524 bits per heavy atom. The molecule has 116 valence electrons. The minimum atomic E-state index is 0. The van der Waals surface area contributed by atoms with E-state index in [9.17, 15) is 0 Å². The first-order valence-corrected chi connectivity index (χ1v) is 7.95. The summed E-state index contributed by atoms with van der Waals surface area (Å²) in [5.41, 5.74) is 0. The molecule has 0 aromatic carbocycles. The lowest BCUT2D eigenvalue weighted by atomic mass is 10.4. The molecule has 0 amide bonds. The van der Waals surface area contributed by atoms with Gasteiger partial charge in [0.05, 0.1) is 0 Å². The molecule has 0 unspecified atom stereocenters. The average Bonchev–Trinajstić information content (AvgIpc) is 3.40. The van der Waals surface area contributed by atoms with Crippen LogP contribution < -0.4 is 0 Å². The Morgan fingerprint density at radius 1 is 0.333 bits per heavy atom. The maximum absolute atomic E-state index is 2.12. The molecule has 0 aromatic rings. The zero-order chi connectivity index (χ0) is 14.1. The molecule has 0 radical (unpaired) electrons. The summed E-state index contributed by atoms with van der Waals surface area (Å²) in [6.07, 6.45) is 36.0. The standard InChI is InChI=1S/C5H10.3C5H6.CH4/c4*1-2-4-5-3-1;/h1-5H2;3*1-4H,5H2;1H4. The van der Waals surface area contributed by atoms with Crippen molar-refractivity contribution in [1.29, 1.82) is 0 Å². The Labute approximate surface area is 132 Å². The monoisotopic (exact) mass is 284 g/mol. The molecule has 0 aliphatic heterocycles. The van der Waals surface area contributed by atoms with Crippen molar-refractivity contribution in [2.24, 2.45) is 0 Å². The second kappa shape index (κ2) is 16.5. The van der Waals surface area contributed by atoms with E-state index in [1.165, 1.54) is 32.1 Å². The molecule has 0 saturated heterocycles. The Balaban J connectivity index is 0.000000250. The van der Waals surface area contributed by atoms with E-state index in [0.29, 0.717) is 0 Å². The minimum absolute atomic E-state index is 0. The Bertz CT molecular complexity index is 281. The molecule has 0 spiro atoms. The molecule has 21 heavy (non-hydrogen) atoms. The normalized spacial score (nSPS) is 18.3. The Morgan fingerprint density at radius 3 is 0.619 bits per heavy atom. The molecular weight excluding hydrogens is 252 g/mol. The van der Waals surface area contributed by atoms with Crippen LogP contribution in [0.15, 0.2) is 72.9 Å². The second-order valence-electron chi connectivity index (χ2n) is 5.04. The largest absolute Gasteiger partial charge is 0.0808 e. The van der Waals surface area contributed by atoms with Crippen LogP contribution in [0.3, 0.4) is 0 Å². The van der Waals surface area contributed by atoms with Gasteiger partial charge in [0.25, 0.3) is 0 Å². The summed E-state index contributed by atoms with van der Waals surface area (Å²) >= 11 is 0. The fraction of sp³-hybridized carbons (Fsp3) is 0.429. The van der Waals surface area contributed by atoms with Crippen molar-refractivity contribution in [3.63, 3.8) is 0 Å². The topological polar surface area (TPSA) is 0 Å². The van der Waals surface area contributed by atoms with Gasteiger partial charge in [-0.3, -0.25) is 0 Å². The molecule has 4 aliphatic rings. The highest BCUT2D eigenvalue weighted by Gasteiger charge is 1.95. The van der Waals surface area contributed by atoms with E-state index in [2.05, 4.69) is 72.9 Å². The third kappa shape index (κ3) is 14.7. The van der Waals surface area contributed by atoms with E-state index in [-0.39, 0.29) is 7.43 Å². The van der Waals surface area contributed by atoms with Gasteiger partial charge in [0.15, 0.2) is 0 Å². The van der Waals surface area contributed by atoms with E-state index in [4.69, 9.17) is 0 Å². The maximum Gasteiger partial charge on any atom is -0.0163 e. The van der Waals surface area contributed by atoms with Gasteiger partial charge in [-0.15, -0.1) is 0 Å². The van der Waals surface area contributed by atoms with Crippen molar-refractivity contribution in [2.75, 3.05) is 0 Å². The molecule has 0 nitrogen and oxygen atoms in total. The molecule has 0 aromatic heterocycles. The van der Waals surface area contributed by atoms with Gasteiger partial charge in [0.2, 0.25) is 0 Å². The first-order valence-electron chi connectivity index (χ1n) is 7.95. The number of allylic oxidation sites excluding steroid dienone is 12. The zero-order valence-corrected chi connectivity index (χ0v) is 12.6. The van der Waals surface area contributed by atoms with Gasteiger partial charge in [-0.2, -0.15) is 0 Å². The second-order valence-corrected chi connectivity index (χ2v) is 5.04. The van der Waals surface area contributed by atoms with Crippen LogP contribution in [0, 0.1) is 0 Å². The van der Waals surface area contributed by atoms with Crippen LogP contribution in [0.25, 0.3) is 0 Å². The smallest absolute Gasteiger partial charge is 0.0163 e. The molecule has 0 N–H and O–H groups in total. The van der Waals surface area contributed by atoms with Gasteiger partial charge in [0, 0.05) is 0 Å². The van der Waals surface area contributed by atoms with Crippen molar-refractivity contribution in [1.82, 2.24) is 0 Å². The summed E-state index contributed by atoms with van der Waals surface area (Å²) in [5.74, 6) is 0. The molecule has 0 heterocycles. The average molecular weight is 284 g/mol. The molecule has 4 aliphatic carbocycles. The lowest BCUT2D eigenvalue weighted by Gasteiger charge is -1.67. The Kier molecular flexibility index (Phi) is 15.3. The van der Waals surface area contributed by atoms with Crippen LogP contribution >= 0.6 is 0 Å². The highest BCUT2D eigenvalue weighted by molar-refractivity contribution is 5.12. The molecule has 1 saturated carbocycles. The van der Waals surface area contributed by atoms with Crippen LogP contribution in [0.5, 0.6) is 0 Å². The molecule has 0 bridgehead atoms. The predicted molar refractivity (Wildman–Crippen MR) is 98.5 cm³/mol. The first-order chi connectivity index (χ1) is 10.0. The van der Waals surface area contributed by atoms with E-state index < -0.39 is 0 Å². The molecule has 1 fully saturated rings. The Hall–Kier alpha value is -1.56. The molecule has 4 rings (SSSR count). The van der Waals surface area contributed by atoms with E-state index >= 15 is 0 Å². The van der Waals surface area contributed by atoms with Gasteiger partial charge in [-0.1, -0.05) is 112 Å². The fourth-order valence-corrected chi connectivity index (χ4v) is 2.06. The highest BCUT2D eigenvalue weighted by Crippen LogP contribution is 2.15. The third-order valence-corrected chi connectivity index (χ3v) is 3.22. The van der Waals surface area contributed by atoms with Gasteiger partial charge < -0.3 is 0 Å².